The monoisotopic (exact) mass is 344 g/mol. The Morgan fingerprint density at radius 2 is 2.00 bits per heavy atom. The van der Waals surface area contributed by atoms with Gasteiger partial charge in [-0.1, -0.05) is 18.2 Å². The maximum atomic E-state index is 12.8. The van der Waals surface area contributed by atoms with Crippen LogP contribution in [0, 0.1) is 6.92 Å². The molecule has 1 aromatic carbocycles. The molecule has 1 saturated heterocycles. The molecule has 2 amide bonds. The van der Waals surface area contributed by atoms with E-state index in [1.54, 1.807) is 40.7 Å². The number of hydrogen-bond donors (Lipinski definition) is 0. The maximum absolute atomic E-state index is 12.8. The maximum Gasteiger partial charge on any atom is 0.255 e. The predicted octanol–water partition coefficient (Wildman–Crippen LogP) is 2.76. The number of aryl methyl sites for hydroxylation is 1. The van der Waals surface area contributed by atoms with E-state index in [1.807, 2.05) is 37.3 Å². The summed E-state index contributed by atoms with van der Waals surface area (Å²) in [4.78, 5) is 28.7. The summed E-state index contributed by atoms with van der Waals surface area (Å²) in [6, 6.07) is 12.4. The highest BCUT2D eigenvalue weighted by molar-refractivity contribution is 7.99. The van der Waals surface area contributed by atoms with Crippen LogP contribution in [0.1, 0.15) is 21.9 Å². The number of furan rings is 1. The molecule has 0 N–H and O–H groups in total. The van der Waals surface area contributed by atoms with E-state index in [0.29, 0.717) is 23.7 Å². The lowest BCUT2D eigenvalue weighted by Crippen LogP contribution is -2.47. The van der Waals surface area contributed by atoms with Gasteiger partial charge in [0.2, 0.25) is 5.91 Å². The third-order valence-corrected chi connectivity index (χ3v) is 5.03. The summed E-state index contributed by atoms with van der Waals surface area (Å²) >= 11 is 1.60. The van der Waals surface area contributed by atoms with Crippen molar-refractivity contribution in [2.45, 2.75) is 19.5 Å². The van der Waals surface area contributed by atoms with E-state index in [1.165, 1.54) is 0 Å². The van der Waals surface area contributed by atoms with Gasteiger partial charge >= 0.3 is 0 Å². The van der Waals surface area contributed by atoms with Crippen molar-refractivity contribution in [3.05, 3.63) is 59.5 Å². The van der Waals surface area contributed by atoms with Gasteiger partial charge in [-0.05, 0) is 31.2 Å². The van der Waals surface area contributed by atoms with Gasteiger partial charge in [0.1, 0.15) is 17.6 Å². The molecule has 5 nitrogen and oxygen atoms in total. The first-order valence-corrected chi connectivity index (χ1v) is 8.96. The third-order valence-electron chi connectivity index (χ3n) is 4.01. The molecule has 1 aliphatic rings. The molecule has 1 aliphatic heterocycles. The molecule has 126 valence electrons. The highest BCUT2D eigenvalue weighted by atomic mass is 32.2. The van der Waals surface area contributed by atoms with E-state index in [9.17, 15) is 9.59 Å². The number of amides is 2. The molecule has 1 atom stereocenters. The molecule has 0 saturated carbocycles. The first-order chi connectivity index (χ1) is 11.6. The lowest BCUT2D eigenvalue weighted by Gasteiger charge is -2.27. The zero-order chi connectivity index (χ0) is 17.1. The van der Waals surface area contributed by atoms with Crippen molar-refractivity contribution < 1.29 is 14.0 Å². The van der Waals surface area contributed by atoms with Crippen LogP contribution in [0.3, 0.4) is 0 Å². The smallest absolute Gasteiger partial charge is 0.255 e. The Bertz CT molecular complexity index is 729. The highest BCUT2D eigenvalue weighted by Gasteiger charge is 2.36. The van der Waals surface area contributed by atoms with Crippen LogP contribution in [-0.2, 0) is 11.3 Å². The molecule has 0 aliphatic carbocycles. The van der Waals surface area contributed by atoms with E-state index >= 15 is 0 Å². The first-order valence-electron chi connectivity index (χ1n) is 7.80. The average molecular weight is 344 g/mol. The Kier molecular flexibility index (Phi) is 4.94. The van der Waals surface area contributed by atoms with E-state index in [0.717, 1.165) is 11.5 Å². The molecule has 0 spiro atoms. The fraction of sp³-hybridized carbons (Fsp3) is 0.333. The molecule has 1 aromatic heterocycles. The van der Waals surface area contributed by atoms with Crippen LogP contribution >= 0.6 is 11.8 Å². The molecule has 24 heavy (non-hydrogen) atoms. The van der Waals surface area contributed by atoms with Crippen LogP contribution in [-0.4, -0.2) is 46.3 Å². The van der Waals surface area contributed by atoms with Crippen LogP contribution in [0.5, 0.6) is 0 Å². The summed E-state index contributed by atoms with van der Waals surface area (Å²) in [6.45, 7) is 2.28. The van der Waals surface area contributed by atoms with Crippen molar-refractivity contribution in [3.63, 3.8) is 0 Å². The van der Waals surface area contributed by atoms with Crippen molar-refractivity contribution in [2.24, 2.45) is 0 Å². The number of benzene rings is 1. The Morgan fingerprint density at radius 1 is 1.25 bits per heavy atom. The number of carbonyl (C=O) groups excluding carboxylic acids is 2. The van der Waals surface area contributed by atoms with Crippen LogP contribution in [0.25, 0.3) is 0 Å². The van der Waals surface area contributed by atoms with Crippen molar-refractivity contribution in [1.29, 1.82) is 0 Å². The van der Waals surface area contributed by atoms with Gasteiger partial charge in [-0.15, -0.1) is 11.8 Å². The summed E-state index contributed by atoms with van der Waals surface area (Å²) in [5, 5.41) is 0. The topological polar surface area (TPSA) is 53.8 Å². The first kappa shape index (κ1) is 16.6. The van der Waals surface area contributed by atoms with Gasteiger partial charge in [-0.25, -0.2) is 0 Å². The number of thioether (sulfide) groups is 1. The Hall–Kier alpha value is -2.21. The summed E-state index contributed by atoms with van der Waals surface area (Å²) in [6.07, 6.45) is 0. The second kappa shape index (κ2) is 7.13. The van der Waals surface area contributed by atoms with E-state index in [4.69, 9.17) is 4.42 Å². The van der Waals surface area contributed by atoms with Crippen LogP contribution in [0.2, 0.25) is 0 Å². The highest BCUT2D eigenvalue weighted by Crippen LogP contribution is 2.25. The van der Waals surface area contributed by atoms with Gasteiger partial charge < -0.3 is 14.2 Å². The third kappa shape index (κ3) is 3.48. The second-order valence-electron chi connectivity index (χ2n) is 5.86. The van der Waals surface area contributed by atoms with Crippen LogP contribution < -0.4 is 0 Å². The van der Waals surface area contributed by atoms with Crippen molar-refractivity contribution >= 4 is 23.6 Å². The van der Waals surface area contributed by atoms with E-state index < -0.39 is 6.04 Å². The SMILES string of the molecule is Cc1ccc(CN(C)C(=O)[C@@H]2CSCN2C(=O)c2ccccc2)o1. The molecule has 2 heterocycles. The van der Waals surface area contributed by atoms with Crippen molar-refractivity contribution in [2.75, 3.05) is 18.7 Å². The molecule has 0 bridgehead atoms. The van der Waals surface area contributed by atoms with Crippen LogP contribution in [0.4, 0.5) is 0 Å². The number of rotatable bonds is 4. The van der Waals surface area contributed by atoms with Gasteiger partial charge in [-0.2, -0.15) is 0 Å². The minimum atomic E-state index is -0.427. The lowest BCUT2D eigenvalue weighted by atomic mass is 10.1. The largest absolute Gasteiger partial charge is 0.464 e. The fourth-order valence-electron chi connectivity index (χ4n) is 2.73. The number of hydrogen-bond acceptors (Lipinski definition) is 4. The van der Waals surface area contributed by atoms with Crippen molar-refractivity contribution in [1.82, 2.24) is 9.80 Å². The minimum Gasteiger partial charge on any atom is -0.464 e. The van der Waals surface area contributed by atoms with Crippen LogP contribution in [0.15, 0.2) is 46.9 Å². The predicted molar refractivity (Wildman–Crippen MR) is 93.6 cm³/mol. The summed E-state index contributed by atoms with van der Waals surface area (Å²) < 4.78 is 5.53. The summed E-state index contributed by atoms with van der Waals surface area (Å²) in [7, 11) is 1.74. The van der Waals surface area contributed by atoms with Gasteiger partial charge in [0.15, 0.2) is 0 Å². The molecule has 3 rings (SSSR count). The molecular weight excluding hydrogens is 324 g/mol. The van der Waals surface area contributed by atoms with Gasteiger partial charge in [0.25, 0.3) is 5.91 Å². The molecule has 6 heteroatoms. The normalized spacial score (nSPS) is 17.1. The molecule has 0 radical (unpaired) electrons. The fourth-order valence-corrected chi connectivity index (χ4v) is 3.88. The van der Waals surface area contributed by atoms with E-state index in [2.05, 4.69) is 0 Å². The molecule has 0 unspecified atom stereocenters. The zero-order valence-electron chi connectivity index (χ0n) is 13.8. The molecule has 1 fully saturated rings. The quantitative estimate of drug-likeness (QED) is 0.856. The van der Waals surface area contributed by atoms with Gasteiger partial charge in [0.05, 0.1) is 12.4 Å². The summed E-state index contributed by atoms with van der Waals surface area (Å²) in [5.41, 5.74) is 0.613. The number of carbonyl (C=O) groups is 2. The second-order valence-corrected chi connectivity index (χ2v) is 6.86. The molecule has 2 aromatic rings. The van der Waals surface area contributed by atoms with E-state index in [-0.39, 0.29) is 11.8 Å². The Labute approximate surface area is 145 Å². The minimum absolute atomic E-state index is 0.0571. The Balaban J connectivity index is 1.70. The molecular formula is C18H20N2O3S. The number of likely N-dealkylation sites (N-methyl/N-ethyl adjacent to an activating group) is 1. The Morgan fingerprint density at radius 3 is 2.67 bits per heavy atom. The standard InChI is InChI=1S/C18H20N2O3S/c1-13-8-9-15(23-13)10-19(2)18(22)16-11-24-12-20(16)17(21)14-6-4-3-5-7-14/h3-9,16H,10-12H2,1-2H3/t16-/m0/s1. The van der Waals surface area contributed by atoms with Gasteiger partial charge in [-0.3, -0.25) is 9.59 Å². The zero-order valence-corrected chi connectivity index (χ0v) is 14.6. The van der Waals surface area contributed by atoms with Crippen molar-refractivity contribution in [3.8, 4) is 0 Å². The van der Waals surface area contributed by atoms with Gasteiger partial charge in [0, 0.05) is 18.4 Å². The number of nitrogens with zero attached hydrogens (tertiary/aromatic N) is 2. The average Bonchev–Trinajstić information content (AvgIpc) is 3.23. The lowest BCUT2D eigenvalue weighted by molar-refractivity contribution is -0.134. The summed E-state index contributed by atoms with van der Waals surface area (Å²) in [5.74, 6) is 2.58.